The molecule has 0 saturated heterocycles. The number of ether oxygens (including phenoxy) is 3. The minimum Gasteiger partial charge on any atom is -0.497 e. The van der Waals surface area contributed by atoms with E-state index in [0.717, 1.165) is 27.8 Å². The maximum absolute atomic E-state index is 13.3. The summed E-state index contributed by atoms with van der Waals surface area (Å²) in [5.41, 5.74) is 5.55. The number of aryl methyl sites for hydroxylation is 3. The molecule has 3 atom stereocenters. The first-order chi connectivity index (χ1) is 16.5. The van der Waals surface area contributed by atoms with E-state index in [0.29, 0.717) is 22.6 Å². The van der Waals surface area contributed by atoms with E-state index in [1.54, 1.807) is 13.2 Å². The third-order valence-electron chi connectivity index (χ3n) is 6.44. The Bertz CT molecular complexity index is 1250. The van der Waals surface area contributed by atoms with E-state index in [1.165, 1.54) is 7.11 Å². The van der Waals surface area contributed by atoms with E-state index in [-0.39, 0.29) is 0 Å². The Labute approximate surface area is 202 Å². The van der Waals surface area contributed by atoms with Crippen molar-refractivity contribution in [3.05, 3.63) is 93.5 Å². The zero-order valence-corrected chi connectivity index (χ0v) is 20.2. The molecule has 0 spiro atoms. The molecule has 0 aromatic heterocycles. The summed E-state index contributed by atoms with van der Waals surface area (Å²) < 4.78 is 56.5. The molecule has 0 saturated carbocycles. The van der Waals surface area contributed by atoms with Gasteiger partial charge in [-0.25, -0.2) is 4.79 Å². The molecule has 1 aliphatic rings. The highest BCUT2D eigenvalue weighted by atomic mass is 19.4. The fourth-order valence-corrected chi connectivity index (χ4v) is 5.00. The van der Waals surface area contributed by atoms with Crippen LogP contribution < -0.4 is 9.47 Å². The van der Waals surface area contributed by atoms with Gasteiger partial charge in [-0.3, -0.25) is 0 Å². The van der Waals surface area contributed by atoms with E-state index in [1.807, 2.05) is 69.3 Å². The Morgan fingerprint density at radius 1 is 0.800 bits per heavy atom. The average molecular weight is 485 g/mol. The topological polar surface area (TPSA) is 44.8 Å². The van der Waals surface area contributed by atoms with Crippen LogP contribution in [0.1, 0.15) is 56.9 Å². The summed E-state index contributed by atoms with van der Waals surface area (Å²) in [5, 5.41) is 0. The molecule has 0 bridgehead atoms. The molecule has 0 fully saturated rings. The van der Waals surface area contributed by atoms with Crippen molar-refractivity contribution in [3.63, 3.8) is 0 Å². The second-order valence-electron chi connectivity index (χ2n) is 8.99. The molecule has 0 aliphatic heterocycles. The van der Waals surface area contributed by atoms with Crippen molar-refractivity contribution in [1.29, 1.82) is 0 Å². The van der Waals surface area contributed by atoms with Gasteiger partial charge in [-0.15, -0.1) is 0 Å². The molecular formula is C28H27F3O4. The molecule has 0 amide bonds. The number of esters is 1. The SMILES string of the molecule is COc1cc(C)cc([C@H]2c3c(OC)cc(C)cc3[C@@H](OC(=O)C(F)(F)F)[C@@H]2c2ccc(C)cc2)c1. The van der Waals surface area contributed by atoms with Crippen LogP contribution in [0.15, 0.2) is 54.6 Å². The minimum absolute atomic E-state index is 0.442. The van der Waals surface area contributed by atoms with Gasteiger partial charge in [0.05, 0.1) is 14.2 Å². The molecule has 3 aromatic rings. The number of rotatable bonds is 5. The lowest BCUT2D eigenvalue weighted by molar-refractivity contribution is -0.206. The number of alkyl halides is 3. The summed E-state index contributed by atoms with van der Waals surface area (Å²) in [4.78, 5) is 12.1. The summed E-state index contributed by atoms with van der Waals surface area (Å²) in [6, 6.07) is 16.9. The smallest absolute Gasteiger partial charge is 0.490 e. The van der Waals surface area contributed by atoms with Gasteiger partial charge >= 0.3 is 12.1 Å². The number of carbonyl (C=O) groups is 1. The third kappa shape index (κ3) is 4.72. The minimum atomic E-state index is -5.11. The van der Waals surface area contributed by atoms with Gasteiger partial charge in [-0.05, 0) is 61.2 Å². The Morgan fingerprint density at radius 3 is 2.06 bits per heavy atom. The van der Waals surface area contributed by atoms with Crippen LogP contribution in [0.4, 0.5) is 13.2 Å². The summed E-state index contributed by atoms with van der Waals surface area (Å²) >= 11 is 0. The van der Waals surface area contributed by atoms with E-state index >= 15 is 0 Å². The normalized spacial score (nSPS) is 19.3. The van der Waals surface area contributed by atoms with Crippen LogP contribution in [0, 0.1) is 20.8 Å². The van der Waals surface area contributed by atoms with Gasteiger partial charge in [0.2, 0.25) is 0 Å². The van der Waals surface area contributed by atoms with Crippen LogP contribution in [0.3, 0.4) is 0 Å². The lowest BCUT2D eigenvalue weighted by Crippen LogP contribution is -2.28. The maximum Gasteiger partial charge on any atom is 0.490 e. The number of hydrogen-bond donors (Lipinski definition) is 0. The van der Waals surface area contributed by atoms with Crippen LogP contribution in [-0.4, -0.2) is 26.4 Å². The lowest BCUT2D eigenvalue weighted by Gasteiger charge is -2.27. The zero-order chi connectivity index (χ0) is 25.5. The molecule has 0 unspecified atom stereocenters. The number of benzene rings is 3. The molecular weight excluding hydrogens is 457 g/mol. The van der Waals surface area contributed by atoms with E-state index in [4.69, 9.17) is 14.2 Å². The summed E-state index contributed by atoms with van der Waals surface area (Å²) in [6.07, 6.45) is -6.27. The van der Waals surface area contributed by atoms with Crippen LogP contribution in [0.25, 0.3) is 0 Å². The van der Waals surface area contributed by atoms with Crippen molar-refractivity contribution in [3.8, 4) is 11.5 Å². The van der Waals surface area contributed by atoms with Crippen LogP contribution in [-0.2, 0) is 9.53 Å². The largest absolute Gasteiger partial charge is 0.497 e. The van der Waals surface area contributed by atoms with Crippen molar-refractivity contribution in [1.82, 2.24) is 0 Å². The van der Waals surface area contributed by atoms with Crippen molar-refractivity contribution < 1.29 is 32.2 Å². The highest BCUT2D eigenvalue weighted by molar-refractivity contribution is 5.76. The first kappa shape index (κ1) is 24.6. The van der Waals surface area contributed by atoms with E-state index < -0.39 is 30.1 Å². The highest BCUT2D eigenvalue weighted by Gasteiger charge is 2.50. The molecule has 3 aromatic carbocycles. The third-order valence-corrected chi connectivity index (χ3v) is 6.44. The maximum atomic E-state index is 13.3. The molecule has 0 N–H and O–H groups in total. The Morgan fingerprint density at radius 2 is 1.46 bits per heavy atom. The van der Waals surface area contributed by atoms with Crippen LogP contribution >= 0.6 is 0 Å². The monoisotopic (exact) mass is 484 g/mol. The quantitative estimate of drug-likeness (QED) is 0.378. The van der Waals surface area contributed by atoms with Crippen molar-refractivity contribution in [2.45, 2.75) is 44.9 Å². The van der Waals surface area contributed by atoms with Gasteiger partial charge < -0.3 is 14.2 Å². The zero-order valence-electron chi connectivity index (χ0n) is 20.2. The molecule has 4 rings (SSSR count). The highest BCUT2D eigenvalue weighted by Crippen LogP contribution is 2.58. The number of hydrogen-bond acceptors (Lipinski definition) is 4. The van der Waals surface area contributed by atoms with Crippen molar-refractivity contribution in [2.24, 2.45) is 0 Å². The standard InChI is InChI=1S/C28H27F3O4/c1-15-6-8-18(9-7-15)24-23(19-10-16(2)11-20(14-19)33-4)25-21(12-17(3)13-22(25)34-5)26(24)35-27(32)28(29,30)31/h6-14,23-24,26H,1-5H3/t23-,24-,26-/m1/s1. The number of carbonyl (C=O) groups excluding carboxylic acids is 1. The van der Waals surface area contributed by atoms with Gasteiger partial charge in [0.1, 0.15) is 17.6 Å². The predicted molar refractivity (Wildman–Crippen MR) is 126 cm³/mol. The first-order valence-electron chi connectivity index (χ1n) is 11.2. The Hall–Kier alpha value is -3.48. The van der Waals surface area contributed by atoms with Gasteiger partial charge in [0, 0.05) is 23.0 Å². The lowest BCUT2D eigenvalue weighted by atomic mass is 9.80. The van der Waals surface area contributed by atoms with Gasteiger partial charge in [0.25, 0.3) is 0 Å². The van der Waals surface area contributed by atoms with Gasteiger partial charge in [-0.1, -0.05) is 42.0 Å². The van der Waals surface area contributed by atoms with Crippen molar-refractivity contribution >= 4 is 5.97 Å². The van der Waals surface area contributed by atoms with E-state index in [2.05, 4.69) is 0 Å². The second-order valence-corrected chi connectivity index (χ2v) is 8.99. The molecule has 184 valence electrons. The van der Waals surface area contributed by atoms with Crippen molar-refractivity contribution in [2.75, 3.05) is 14.2 Å². The first-order valence-corrected chi connectivity index (χ1v) is 11.2. The molecule has 1 aliphatic carbocycles. The fraction of sp³-hybridized carbons (Fsp3) is 0.321. The van der Waals surface area contributed by atoms with E-state index in [9.17, 15) is 18.0 Å². The molecule has 35 heavy (non-hydrogen) atoms. The molecule has 7 heteroatoms. The Balaban J connectivity index is 2.01. The Kier molecular flexibility index (Phi) is 6.54. The number of methoxy groups -OCH3 is 2. The number of halogens is 3. The second kappa shape index (κ2) is 9.29. The predicted octanol–water partition coefficient (Wildman–Crippen LogP) is 6.70. The average Bonchev–Trinajstić information content (AvgIpc) is 3.11. The number of fused-ring (bicyclic) bond motifs is 1. The van der Waals surface area contributed by atoms with Gasteiger partial charge in [0.15, 0.2) is 0 Å². The van der Waals surface area contributed by atoms with Crippen LogP contribution in [0.5, 0.6) is 11.5 Å². The molecule has 0 heterocycles. The summed E-state index contributed by atoms with van der Waals surface area (Å²) in [7, 11) is 3.09. The summed E-state index contributed by atoms with van der Waals surface area (Å²) in [6.45, 7) is 5.69. The molecule has 0 radical (unpaired) electrons. The van der Waals surface area contributed by atoms with Gasteiger partial charge in [-0.2, -0.15) is 13.2 Å². The molecule has 4 nitrogen and oxygen atoms in total. The fourth-order valence-electron chi connectivity index (χ4n) is 5.00. The summed E-state index contributed by atoms with van der Waals surface area (Å²) in [5.74, 6) is -2.10. The van der Waals surface area contributed by atoms with Crippen LogP contribution in [0.2, 0.25) is 0 Å².